The number of rotatable bonds is 8. The molecular weight excluding hydrogens is 286 g/mol. The van der Waals surface area contributed by atoms with E-state index in [0.29, 0.717) is 12.8 Å². The van der Waals surface area contributed by atoms with Crippen LogP contribution in [0, 0.1) is 0 Å². The minimum absolute atomic E-state index is 0. The van der Waals surface area contributed by atoms with Gasteiger partial charge < -0.3 is 19.8 Å². The normalized spacial score (nSPS) is 8.10. The molecule has 0 radical (unpaired) electrons. The summed E-state index contributed by atoms with van der Waals surface area (Å²) >= 11 is 0. The van der Waals surface area contributed by atoms with E-state index in [1.165, 1.54) is 0 Å². The molecule has 0 aromatic rings. The zero-order valence-electron chi connectivity index (χ0n) is 12.7. The molecule has 0 saturated heterocycles. The molecule has 0 fully saturated rings. The Hall–Kier alpha value is 0.280. The van der Waals surface area contributed by atoms with Gasteiger partial charge in [0.15, 0.2) is 11.6 Å². The standard InChI is InChI=1S/2C6H10O3.2Na/c2*1-2-3-4-5(7)6(8)9;;/h2*2-4H2,1H3,(H,8,9);;/q;;2*+1/p-2. The predicted octanol–water partition coefficient (Wildman–Crippen LogP) is -7.00. The maximum atomic E-state index is 10.2. The molecule has 0 spiro atoms. The van der Waals surface area contributed by atoms with Crippen LogP contribution >= 0.6 is 0 Å². The van der Waals surface area contributed by atoms with Gasteiger partial charge in [-0.2, -0.15) is 0 Å². The molecule has 0 N–H and O–H groups in total. The van der Waals surface area contributed by atoms with E-state index in [1.54, 1.807) is 0 Å². The van der Waals surface area contributed by atoms with Crippen molar-refractivity contribution in [2.75, 3.05) is 0 Å². The maximum absolute atomic E-state index is 10.2. The molecule has 0 unspecified atom stereocenters. The second kappa shape index (κ2) is 19.3. The summed E-state index contributed by atoms with van der Waals surface area (Å²) in [5, 5.41) is 19.5. The van der Waals surface area contributed by atoms with E-state index in [1.807, 2.05) is 13.8 Å². The fourth-order valence-electron chi connectivity index (χ4n) is 0.879. The molecule has 0 aromatic carbocycles. The summed E-state index contributed by atoms with van der Waals surface area (Å²) in [6, 6.07) is 0. The molecule has 0 saturated carbocycles. The van der Waals surface area contributed by atoms with Crippen molar-refractivity contribution in [3.05, 3.63) is 0 Å². The molecule has 8 heteroatoms. The molecule has 0 rings (SSSR count). The van der Waals surface area contributed by atoms with Crippen LogP contribution in [0.1, 0.15) is 52.4 Å². The summed E-state index contributed by atoms with van der Waals surface area (Å²) in [4.78, 5) is 40.0. The third-order valence-electron chi connectivity index (χ3n) is 1.97. The number of ketones is 2. The minimum atomic E-state index is -1.57. The molecule has 0 aliphatic carbocycles. The third-order valence-corrected chi connectivity index (χ3v) is 1.97. The van der Waals surface area contributed by atoms with Crippen LogP contribution in [0.15, 0.2) is 0 Å². The van der Waals surface area contributed by atoms with Gasteiger partial charge in [-0.3, -0.25) is 9.59 Å². The number of Topliss-reactive ketones (excluding diaryl/α,β-unsaturated/α-hetero) is 2. The first-order chi connectivity index (χ1) is 8.36. The van der Waals surface area contributed by atoms with E-state index < -0.39 is 23.5 Å². The average Bonchev–Trinajstić information content (AvgIpc) is 2.33. The molecule has 0 aliphatic rings. The van der Waals surface area contributed by atoms with Crippen molar-refractivity contribution in [1.82, 2.24) is 0 Å². The number of hydrogen-bond donors (Lipinski definition) is 0. The Balaban J connectivity index is -0.000000116. The van der Waals surface area contributed by atoms with E-state index in [9.17, 15) is 29.4 Å². The van der Waals surface area contributed by atoms with E-state index in [4.69, 9.17) is 0 Å². The Labute approximate surface area is 163 Å². The summed E-state index contributed by atoms with van der Waals surface area (Å²) in [6.45, 7) is 3.78. The van der Waals surface area contributed by atoms with Gasteiger partial charge in [-0.15, -0.1) is 0 Å². The van der Waals surface area contributed by atoms with E-state index in [0.717, 1.165) is 12.8 Å². The van der Waals surface area contributed by atoms with Crippen molar-refractivity contribution >= 4 is 23.5 Å². The van der Waals surface area contributed by atoms with Gasteiger partial charge in [-0.1, -0.05) is 26.7 Å². The Kier molecular flexibility index (Phi) is 27.4. The molecule has 6 nitrogen and oxygen atoms in total. The summed E-state index contributed by atoms with van der Waals surface area (Å²) in [5.74, 6) is -4.72. The first kappa shape index (κ1) is 28.4. The second-order valence-electron chi connectivity index (χ2n) is 3.63. The molecule has 0 heterocycles. The zero-order chi connectivity index (χ0) is 14.6. The van der Waals surface area contributed by atoms with Crippen LogP contribution in [0.25, 0.3) is 0 Å². The number of carboxylic acids is 2. The van der Waals surface area contributed by atoms with Crippen LogP contribution in [0.4, 0.5) is 0 Å². The molecule has 104 valence electrons. The summed E-state index contributed by atoms with van der Waals surface area (Å²) < 4.78 is 0. The fourth-order valence-corrected chi connectivity index (χ4v) is 0.879. The monoisotopic (exact) mass is 304 g/mol. The summed E-state index contributed by atoms with van der Waals surface area (Å²) in [7, 11) is 0. The largest absolute Gasteiger partial charge is 1.00 e. The number of carboxylic acid groups (broad SMARTS) is 2. The number of aliphatic carboxylic acids is 2. The number of hydrogen-bond acceptors (Lipinski definition) is 6. The van der Waals surface area contributed by atoms with Gasteiger partial charge in [-0.25, -0.2) is 0 Å². The molecule has 0 atom stereocenters. The fraction of sp³-hybridized carbons (Fsp3) is 0.667. The van der Waals surface area contributed by atoms with Crippen LogP contribution in [-0.4, -0.2) is 23.5 Å². The summed E-state index contributed by atoms with van der Waals surface area (Å²) in [6.07, 6.45) is 3.15. The number of unbranched alkanes of at least 4 members (excludes halogenated alkanes) is 2. The average molecular weight is 304 g/mol. The Morgan fingerprint density at radius 2 is 0.950 bits per heavy atom. The van der Waals surface area contributed by atoms with E-state index in [-0.39, 0.29) is 72.0 Å². The van der Waals surface area contributed by atoms with Gasteiger partial charge in [0, 0.05) is 12.8 Å². The van der Waals surface area contributed by atoms with Gasteiger partial charge >= 0.3 is 59.1 Å². The van der Waals surface area contributed by atoms with E-state index >= 15 is 0 Å². The van der Waals surface area contributed by atoms with Crippen molar-refractivity contribution in [2.45, 2.75) is 52.4 Å². The number of carbonyl (C=O) groups is 4. The molecule has 0 bridgehead atoms. The third kappa shape index (κ3) is 20.6. The van der Waals surface area contributed by atoms with Gasteiger partial charge in [0.25, 0.3) is 0 Å². The predicted molar refractivity (Wildman–Crippen MR) is 59.1 cm³/mol. The van der Waals surface area contributed by atoms with Gasteiger partial charge in [0.05, 0.1) is 0 Å². The topological polar surface area (TPSA) is 114 Å². The van der Waals surface area contributed by atoms with Crippen LogP contribution < -0.4 is 69.3 Å². The first-order valence-electron chi connectivity index (χ1n) is 5.85. The van der Waals surface area contributed by atoms with Crippen LogP contribution in [0.3, 0.4) is 0 Å². The summed E-state index contributed by atoms with van der Waals surface area (Å²) in [5.41, 5.74) is 0. The van der Waals surface area contributed by atoms with Gasteiger partial charge in [0.2, 0.25) is 0 Å². The Bertz CT molecular complexity index is 274. The quantitative estimate of drug-likeness (QED) is 0.325. The molecule has 0 amide bonds. The number of carbonyl (C=O) groups excluding carboxylic acids is 4. The van der Waals surface area contributed by atoms with Crippen LogP contribution in [0.2, 0.25) is 0 Å². The minimum Gasteiger partial charge on any atom is -0.542 e. The van der Waals surface area contributed by atoms with Crippen LogP contribution in [-0.2, 0) is 19.2 Å². The van der Waals surface area contributed by atoms with Crippen molar-refractivity contribution < 1.29 is 88.5 Å². The zero-order valence-corrected chi connectivity index (χ0v) is 16.7. The van der Waals surface area contributed by atoms with Crippen molar-refractivity contribution in [3.8, 4) is 0 Å². The van der Waals surface area contributed by atoms with Crippen LogP contribution in [0.5, 0.6) is 0 Å². The molecule has 0 aliphatic heterocycles. The smallest absolute Gasteiger partial charge is 0.542 e. The van der Waals surface area contributed by atoms with Crippen molar-refractivity contribution in [1.29, 1.82) is 0 Å². The molecule has 0 aromatic heterocycles. The second-order valence-corrected chi connectivity index (χ2v) is 3.63. The first-order valence-corrected chi connectivity index (χ1v) is 5.85. The Morgan fingerprint density at radius 3 is 1.10 bits per heavy atom. The molecular formula is C12H18Na2O6. The maximum Gasteiger partial charge on any atom is 1.00 e. The van der Waals surface area contributed by atoms with E-state index in [2.05, 4.69) is 0 Å². The van der Waals surface area contributed by atoms with Gasteiger partial charge in [-0.05, 0) is 12.8 Å². The SMILES string of the molecule is CCCCC(=O)C(=O)[O-].CCCCC(=O)C(=O)[O-].[Na+].[Na+]. The van der Waals surface area contributed by atoms with Crippen molar-refractivity contribution in [2.24, 2.45) is 0 Å². The van der Waals surface area contributed by atoms with Crippen molar-refractivity contribution in [3.63, 3.8) is 0 Å². The molecule has 20 heavy (non-hydrogen) atoms. The van der Waals surface area contributed by atoms with Gasteiger partial charge in [0.1, 0.15) is 11.9 Å². The Morgan fingerprint density at radius 1 is 0.700 bits per heavy atom.